The van der Waals surface area contributed by atoms with E-state index in [9.17, 15) is 14.7 Å². The van der Waals surface area contributed by atoms with Gasteiger partial charge in [-0.1, -0.05) is 34.1 Å². The van der Waals surface area contributed by atoms with Crippen LogP contribution in [0.3, 0.4) is 0 Å². The molecule has 0 saturated carbocycles. The SMILES string of the molecule is Cc1cc(/C(O)=C2\C(=O)C(=O)N(Cc3cccnc3)[C@H]2c2cccc(Br)c2)ccc1OC(C)C. The number of carbonyl (C=O) groups is 2. The molecule has 1 amide bonds. The van der Waals surface area contributed by atoms with Gasteiger partial charge >= 0.3 is 0 Å². The second-order valence-corrected chi connectivity index (χ2v) is 9.41. The van der Waals surface area contributed by atoms with E-state index in [1.807, 2.05) is 51.1 Å². The second kappa shape index (κ2) is 9.81. The number of aliphatic hydroxyl groups is 1. The van der Waals surface area contributed by atoms with E-state index in [4.69, 9.17) is 4.74 Å². The zero-order valence-corrected chi connectivity index (χ0v) is 20.7. The number of benzene rings is 2. The molecular weight excluding hydrogens is 496 g/mol. The van der Waals surface area contributed by atoms with Crippen LogP contribution < -0.4 is 4.74 Å². The van der Waals surface area contributed by atoms with Crippen LogP contribution in [-0.4, -0.2) is 32.8 Å². The van der Waals surface area contributed by atoms with Crippen LogP contribution in [0, 0.1) is 6.92 Å². The summed E-state index contributed by atoms with van der Waals surface area (Å²) in [4.78, 5) is 32.0. The summed E-state index contributed by atoms with van der Waals surface area (Å²) in [6.45, 7) is 5.94. The highest BCUT2D eigenvalue weighted by Crippen LogP contribution is 2.41. The number of likely N-dealkylation sites (tertiary alicyclic amines) is 1. The van der Waals surface area contributed by atoms with Crippen molar-refractivity contribution in [2.45, 2.75) is 39.5 Å². The standard InChI is InChI=1S/C27H25BrN2O4/c1-16(2)34-22-10-9-20(12-17(22)3)25(31)23-24(19-7-4-8-21(28)13-19)30(27(33)26(23)32)15-18-6-5-11-29-14-18/h4-14,16,24,31H,15H2,1-3H3/b25-23+/t24-/m0/s1. The van der Waals surface area contributed by atoms with Gasteiger partial charge in [0.05, 0.1) is 17.7 Å². The monoisotopic (exact) mass is 520 g/mol. The van der Waals surface area contributed by atoms with Crippen molar-refractivity contribution in [3.63, 3.8) is 0 Å². The van der Waals surface area contributed by atoms with Crippen molar-refractivity contribution in [3.05, 3.63) is 99.3 Å². The van der Waals surface area contributed by atoms with E-state index < -0.39 is 17.7 Å². The number of Topliss-reactive ketones (excluding diaryl/α,β-unsaturated/α-hetero) is 1. The van der Waals surface area contributed by atoms with Crippen molar-refractivity contribution >= 4 is 33.4 Å². The topological polar surface area (TPSA) is 79.7 Å². The number of rotatable bonds is 6. The summed E-state index contributed by atoms with van der Waals surface area (Å²) in [6.07, 6.45) is 3.32. The third-order valence-electron chi connectivity index (χ3n) is 5.59. The molecule has 1 aliphatic rings. The number of ether oxygens (including phenoxy) is 1. The maximum absolute atomic E-state index is 13.2. The van der Waals surface area contributed by atoms with Gasteiger partial charge in [0.1, 0.15) is 11.5 Å². The van der Waals surface area contributed by atoms with Gasteiger partial charge in [-0.2, -0.15) is 0 Å². The van der Waals surface area contributed by atoms with Gasteiger partial charge in [0.25, 0.3) is 11.7 Å². The van der Waals surface area contributed by atoms with E-state index in [1.54, 1.807) is 36.7 Å². The summed E-state index contributed by atoms with van der Waals surface area (Å²) in [5, 5.41) is 11.3. The quantitative estimate of drug-likeness (QED) is 0.261. The lowest BCUT2D eigenvalue weighted by Gasteiger charge is -2.25. The van der Waals surface area contributed by atoms with Crippen molar-refractivity contribution in [3.8, 4) is 5.75 Å². The average Bonchev–Trinajstić information content (AvgIpc) is 3.05. The number of carbonyl (C=O) groups excluding carboxylic acids is 2. The first kappa shape index (κ1) is 23.7. The molecule has 0 radical (unpaired) electrons. The zero-order valence-electron chi connectivity index (χ0n) is 19.2. The van der Waals surface area contributed by atoms with Crippen LogP contribution in [0.4, 0.5) is 0 Å². The number of ketones is 1. The Bertz CT molecular complexity index is 1270. The zero-order chi connectivity index (χ0) is 24.4. The Morgan fingerprint density at radius 2 is 1.94 bits per heavy atom. The maximum Gasteiger partial charge on any atom is 0.295 e. The number of aromatic nitrogens is 1. The van der Waals surface area contributed by atoms with Crippen molar-refractivity contribution in [2.24, 2.45) is 0 Å². The summed E-state index contributed by atoms with van der Waals surface area (Å²) in [5.41, 5.74) is 2.84. The third-order valence-corrected chi connectivity index (χ3v) is 6.08. The molecule has 1 atom stereocenters. The molecule has 34 heavy (non-hydrogen) atoms. The minimum atomic E-state index is -0.746. The number of aliphatic hydroxyl groups excluding tert-OH is 1. The van der Waals surface area contributed by atoms with Crippen LogP contribution in [-0.2, 0) is 16.1 Å². The smallest absolute Gasteiger partial charge is 0.295 e. The normalized spacial score (nSPS) is 17.4. The number of hydrogen-bond donors (Lipinski definition) is 1. The molecule has 1 N–H and O–H groups in total. The number of hydrogen-bond acceptors (Lipinski definition) is 5. The van der Waals surface area contributed by atoms with Crippen molar-refractivity contribution < 1.29 is 19.4 Å². The van der Waals surface area contributed by atoms with Crippen LogP contribution in [0.25, 0.3) is 5.76 Å². The first-order chi connectivity index (χ1) is 16.3. The fraction of sp³-hybridized carbons (Fsp3) is 0.222. The summed E-state index contributed by atoms with van der Waals surface area (Å²) >= 11 is 3.47. The molecule has 1 saturated heterocycles. The summed E-state index contributed by atoms with van der Waals surface area (Å²) < 4.78 is 6.60. The molecule has 4 rings (SSSR count). The Balaban J connectivity index is 1.83. The molecule has 1 fully saturated rings. The van der Waals surface area contributed by atoms with E-state index in [-0.39, 0.29) is 24.0 Å². The highest BCUT2D eigenvalue weighted by Gasteiger charge is 2.46. The molecule has 3 aromatic rings. The van der Waals surface area contributed by atoms with Gasteiger partial charge in [-0.15, -0.1) is 0 Å². The lowest BCUT2D eigenvalue weighted by molar-refractivity contribution is -0.140. The molecule has 0 spiro atoms. The van der Waals surface area contributed by atoms with Crippen LogP contribution in [0.5, 0.6) is 5.75 Å². The predicted octanol–water partition coefficient (Wildman–Crippen LogP) is 5.56. The molecular formula is C27H25BrN2O4. The van der Waals surface area contributed by atoms with Gasteiger partial charge in [-0.3, -0.25) is 14.6 Å². The maximum atomic E-state index is 13.2. The number of aryl methyl sites for hydroxylation is 1. The van der Waals surface area contributed by atoms with Gasteiger partial charge in [0, 0.05) is 29.0 Å². The fourth-order valence-corrected chi connectivity index (χ4v) is 4.51. The van der Waals surface area contributed by atoms with Gasteiger partial charge in [-0.25, -0.2) is 0 Å². The van der Waals surface area contributed by atoms with E-state index >= 15 is 0 Å². The minimum Gasteiger partial charge on any atom is -0.507 e. The molecule has 1 aromatic heterocycles. The van der Waals surface area contributed by atoms with Gasteiger partial charge in [0.15, 0.2) is 0 Å². The summed E-state index contributed by atoms with van der Waals surface area (Å²) in [6, 6.07) is 15.5. The third kappa shape index (κ3) is 4.75. The Morgan fingerprint density at radius 1 is 1.15 bits per heavy atom. The van der Waals surface area contributed by atoms with E-state index in [0.717, 1.165) is 21.2 Å². The Hall–Kier alpha value is -3.45. The molecule has 174 valence electrons. The summed E-state index contributed by atoms with van der Waals surface area (Å²) in [5.74, 6) is -0.887. The van der Waals surface area contributed by atoms with Crippen molar-refractivity contribution in [1.82, 2.24) is 9.88 Å². The van der Waals surface area contributed by atoms with Crippen molar-refractivity contribution in [1.29, 1.82) is 0 Å². The van der Waals surface area contributed by atoms with Crippen molar-refractivity contribution in [2.75, 3.05) is 0 Å². The molecule has 0 unspecified atom stereocenters. The molecule has 1 aliphatic heterocycles. The first-order valence-corrected chi connectivity index (χ1v) is 11.8. The van der Waals surface area contributed by atoms with Crippen LogP contribution in [0.2, 0.25) is 0 Å². The van der Waals surface area contributed by atoms with Gasteiger partial charge < -0.3 is 14.7 Å². The number of nitrogens with zero attached hydrogens (tertiary/aromatic N) is 2. The molecule has 7 heteroatoms. The summed E-state index contributed by atoms with van der Waals surface area (Å²) in [7, 11) is 0. The van der Waals surface area contributed by atoms with E-state index in [0.29, 0.717) is 11.3 Å². The average molecular weight is 521 g/mol. The number of amides is 1. The molecule has 2 aromatic carbocycles. The lowest BCUT2D eigenvalue weighted by atomic mass is 9.94. The second-order valence-electron chi connectivity index (χ2n) is 8.49. The van der Waals surface area contributed by atoms with Crippen LogP contribution >= 0.6 is 15.9 Å². The highest BCUT2D eigenvalue weighted by molar-refractivity contribution is 9.10. The van der Waals surface area contributed by atoms with E-state index in [2.05, 4.69) is 20.9 Å². The molecule has 0 bridgehead atoms. The van der Waals surface area contributed by atoms with Crippen LogP contribution in [0.1, 0.15) is 42.1 Å². The molecule has 0 aliphatic carbocycles. The Kier molecular flexibility index (Phi) is 6.84. The number of halogens is 1. The largest absolute Gasteiger partial charge is 0.507 e. The predicted molar refractivity (Wildman–Crippen MR) is 133 cm³/mol. The minimum absolute atomic E-state index is 0.00692. The van der Waals surface area contributed by atoms with E-state index in [1.165, 1.54) is 4.90 Å². The lowest BCUT2D eigenvalue weighted by Crippen LogP contribution is -2.29. The van der Waals surface area contributed by atoms with Gasteiger partial charge in [-0.05, 0) is 73.9 Å². The number of pyridine rings is 1. The Morgan fingerprint density at radius 3 is 2.59 bits per heavy atom. The highest BCUT2D eigenvalue weighted by atomic mass is 79.9. The fourth-order valence-electron chi connectivity index (χ4n) is 4.09. The molecule has 6 nitrogen and oxygen atoms in total. The van der Waals surface area contributed by atoms with Gasteiger partial charge in [0.2, 0.25) is 0 Å². The Labute approximate surface area is 207 Å². The van der Waals surface area contributed by atoms with Crippen LogP contribution in [0.15, 0.2) is 77.0 Å². The first-order valence-electron chi connectivity index (χ1n) is 11.0. The molecule has 2 heterocycles.